The van der Waals surface area contributed by atoms with E-state index in [0.717, 1.165) is 30.6 Å². The van der Waals surface area contributed by atoms with E-state index in [1.807, 2.05) is 0 Å². The average molecular weight is 461 g/mol. The second kappa shape index (κ2) is 13.6. The Kier molecular flexibility index (Phi) is 11.2. The number of unbranched alkanes of at least 4 members (excludes halogenated alkanes) is 4. The third-order valence-electron chi connectivity index (χ3n) is 8.48. The molecule has 0 aliphatic heterocycles. The van der Waals surface area contributed by atoms with Crippen LogP contribution < -0.4 is 0 Å². The summed E-state index contributed by atoms with van der Waals surface area (Å²) in [5, 5.41) is 0. The van der Waals surface area contributed by atoms with Crippen molar-refractivity contribution in [2.24, 2.45) is 17.8 Å². The van der Waals surface area contributed by atoms with Gasteiger partial charge in [-0.25, -0.2) is 0 Å². The first-order valence-electron chi connectivity index (χ1n) is 13.8. The molecule has 0 N–H and O–H groups in total. The highest BCUT2D eigenvalue weighted by Gasteiger charge is 2.34. The molecular formula is C27H47F3O2. The minimum atomic E-state index is -4.22. The second-order valence-electron chi connectivity index (χ2n) is 11.0. The molecule has 0 bridgehead atoms. The van der Waals surface area contributed by atoms with Crippen LogP contribution >= 0.6 is 0 Å². The van der Waals surface area contributed by atoms with Crippen molar-refractivity contribution < 1.29 is 22.6 Å². The van der Waals surface area contributed by atoms with Crippen LogP contribution in [0.1, 0.15) is 122 Å². The first-order valence-corrected chi connectivity index (χ1v) is 13.8. The molecule has 0 radical (unpaired) electrons. The molecular weight excluding hydrogens is 413 g/mol. The molecule has 0 heterocycles. The van der Waals surface area contributed by atoms with Gasteiger partial charge in [-0.15, -0.1) is 0 Å². The fourth-order valence-corrected chi connectivity index (χ4v) is 6.50. The van der Waals surface area contributed by atoms with Gasteiger partial charge in [0.2, 0.25) is 0 Å². The molecule has 5 heteroatoms. The highest BCUT2D eigenvalue weighted by molar-refractivity contribution is 4.83. The Morgan fingerprint density at radius 3 is 1.69 bits per heavy atom. The summed E-state index contributed by atoms with van der Waals surface area (Å²) < 4.78 is 48.4. The number of hydrogen-bond donors (Lipinski definition) is 0. The number of halogens is 3. The highest BCUT2D eigenvalue weighted by Crippen LogP contribution is 2.42. The van der Waals surface area contributed by atoms with Gasteiger partial charge in [0.25, 0.3) is 0 Å². The summed E-state index contributed by atoms with van der Waals surface area (Å²) in [6.07, 6.45) is 18.4. The SMILES string of the molecule is CCCCCCCC1CCC(C2CCC(OC3CCC(OCC(F)(F)F)CC3)CC2)CC1. The summed E-state index contributed by atoms with van der Waals surface area (Å²) in [6, 6.07) is 0. The van der Waals surface area contributed by atoms with Crippen molar-refractivity contribution in [1.82, 2.24) is 0 Å². The molecule has 0 atom stereocenters. The van der Waals surface area contributed by atoms with Crippen LogP contribution in [0.5, 0.6) is 0 Å². The van der Waals surface area contributed by atoms with Crippen LogP contribution in [0.25, 0.3) is 0 Å². The molecule has 0 aromatic carbocycles. The van der Waals surface area contributed by atoms with E-state index in [-0.39, 0.29) is 12.2 Å². The Morgan fingerprint density at radius 2 is 1.12 bits per heavy atom. The van der Waals surface area contributed by atoms with Crippen LogP contribution in [0, 0.1) is 17.8 Å². The Morgan fingerprint density at radius 1 is 0.625 bits per heavy atom. The van der Waals surface area contributed by atoms with Gasteiger partial charge in [0.1, 0.15) is 6.61 Å². The van der Waals surface area contributed by atoms with E-state index >= 15 is 0 Å². The Hall–Kier alpha value is -0.290. The van der Waals surface area contributed by atoms with Crippen LogP contribution in [0.4, 0.5) is 13.2 Å². The monoisotopic (exact) mass is 460 g/mol. The van der Waals surface area contributed by atoms with Gasteiger partial charge in [0, 0.05) is 0 Å². The first kappa shape index (κ1) is 26.3. The molecule has 3 rings (SSSR count). The number of hydrogen-bond acceptors (Lipinski definition) is 2. The summed E-state index contributed by atoms with van der Waals surface area (Å²) in [5.74, 6) is 2.82. The molecule has 2 nitrogen and oxygen atoms in total. The smallest absolute Gasteiger partial charge is 0.375 e. The minimum absolute atomic E-state index is 0.218. The van der Waals surface area contributed by atoms with Crippen LogP contribution in [0.3, 0.4) is 0 Å². The van der Waals surface area contributed by atoms with Gasteiger partial charge < -0.3 is 9.47 Å². The Bertz CT molecular complexity index is 486. The van der Waals surface area contributed by atoms with E-state index in [0.29, 0.717) is 18.9 Å². The van der Waals surface area contributed by atoms with Crippen LogP contribution in [-0.4, -0.2) is 31.1 Å². The molecule has 0 unspecified atom stereocenters. The second-order valence-corrected chi connectivity index (χ2v) is 11.0. The third-order valence-corrected chi connectivity index (χ3v) is 8.48. The lowest BCUT2D eigenvalue weighted by Crippen LogP contribution is -2.34. The van der Waals surface area contributed by atoms with Gasteiger partial charge >= 0.3 is 6.18 Å². The summed E-state index contributed by atoms with van der Waals surface area (Å²) >= 11 is 0. The molecule has 0 saturated heterocycles. The molecule has 0 amide bonds. The van der Waals surface area contributed by atoms with Gasteiger partial charge in [-0.1, -0.05) is 58.3 Å². The molecule has 188 valence electrons. The summed E-state index contributed by atoms with van der Waals surface area (Å²) in [4.78, 5) is 0. The molecule has 0 spiro atoms. The van der Waals surface area contributed by atoms with Crippen LogP contribution in [0.2, 0.25) is 0 Å². The number of rotatable bonds is 11. The van der Waals surface area contributed by atoms with Crippen molar-refractivity contribution in [3.05, 3.63) is 0 Å². The quantitative estimate of drug-likeness (QED) is 0.287. The zero-order valence-corrected chi connectivity index (χ0v) is 20.3. The van der Waals surface area contributed by atoms with Crippen molar-refractivity contribution in [3.8, 4) is 0 Å². The first-order chi connectivity index (χ1) is 15.4. The normalized spacial score (nSPS) is 34.5. The zero-order chi connectivity index (χ0) is 22.8. The topological polar surface area (TPSA) is 18.5 Å². The third kappa shape index (κ3) is 9.52. The maximum absolute atomic E-state index is 12.3. The molecule has 0 aromatic rings. The molecule has 32 heavy (non-hydrogen) atoms. The Balaban J connectivity index is 1.24. The molecule has 3 fully saturated rings. The summed E-state index contributed by atoms with van der Waals surface area (Å²) in [7, 11) is 0. The standard InChI is InChI=1S/C27H47F3O2/c1-2-3-4-5-6-7-21-8-10-22(11-9-21)23-12-14-25(15-13-23)32-26-18-16-24(17-19-26)31-20-27(28,29)30/h21-26H,2-20H2,1H3. The fraction of sp³-hybridized carbons (Fsp3) is 1.00. The van der Waals surface area contributed by atoms with Gasteiger partial charge in [0.15, 0.2) is 0 Å². The van der Waals surface area contributed by atoms with E-state index in [4.69, 9.17) is 9.47 Å². The predicted molar refractivity (Wildman–Crippen MR) is 124 cm³/mol. The van der Waals surface area contributed by atoms with Crippen LogP contribution in [0.15, 0.2) is 0 Å². The van der Waals surface area contributed by atoms with E-state index < -0.39 is 12.8 Å². The predicted octanol–water partition coefficient (Wildman–Crippen LogP) is 8.62. The maximum atomic E-state index is 12.3. The van der Waals surface area contributed by atoms with Crippen molar-refractivity contribution in [3.63, 3.8) is 0 Å². The zero-order valence-electron chi connectivity index (χ0n) is 20.3. The number of alkyl halides is 3. The summed E-state index contributed by atoms with van der Waals surface area (Å²) in [5.41, 5.74) is 0. The van der Waals surface area contributed by atoms with Gasteiger partial charge in [-0.2, -0.15) is 13.2 Å². The van der Waals surface area contributed by atoms with Crippen molar-refractivity contribution in [1.29, 1.82) is 0 Å². The highest BCUT2D eigenvalue weighted by atomic mass is 19.4. The van der Waals surface area contributed by atoms with E-state index in [1.165, 1.54) is 89.9 Å². The van der Waals surface area contributed by atoms with Gasteiger partial charge in [-0.05, 0) is 82.0 Å². The minimum Gasteiger partial charge on any atom is -0.375 e. The molecule has 0 aromatic heterocycles. The van der Waals surface area contributed by atoms with Crippen molar-refractivity contribution in [2.75, 3.05) is 6.61 Å². The largest absolute Gasteiger partial charge is 0.411 e. The van der Waals surface area contributed by atoms with Gasteiger partial charge in [-0.3, -0.25) is 0 Å². The molecule has 3 saturated carbocycles. The Labute approximate surface area is 194 Å². The van der Waals surface area contributed by atoms with E-state index in [9.17, 15) is 13.2 Å². The fourth-order valence-electron chi connectivity index (χ4n) is 6.50. The maximum Gasteiger partial charge on any atom is 0.411 e. The number of ether oxygens (including phenoxy) is 2. The van der Waals surface area contributed by atoms with Crippen molar-refractivity contribution in [2.45, 2.75) is 147 Å². The van der Waals surface area contributed by atoms with E-state index in [1.54, 1.807) is 0 Å². The van der Waals surface area contributed by atoms with E-state index in [2.05, 4.69) is 6.92 Å². The van der Waals surface area contributed by atoms with Gasteiger partial charge in [0.05, 0.1) is 18.3 Å². The lowest BCUT2D eigenvalue weighted by atomic mass is 9.70. The molecule has 3 aliphatic rings. The van der Waals surface area contributed by atoms with Crippen LogP contribution in [-0.2, 0) is 9.47 Å². The summed E-state index contributed by atoms with van der Waals surface area (Å²) in [6.45, 7) is 1.17. The molecule has 3 aliphatic carbocycles. The average Bonchev–Trinajstić information content (AvgIpc) is 2.79. The lowest BCUT2D eigenvalue weighted by molar-refractivity contribution is -0.190. The van der Waals surface area contributed by atoms with Crippen molar-refractivity contribution >= 4 is 0 Å². The lowest BCUT2D eigenvalue weighted by Gasteiger charge is -2.39.